The van der Waals surface area contributed by atoms with Gasteiger partial charge >= 0.3 is 0 Å². The van der Waals surface area contributed by atoms with Crippen molar-refractivity contribution in [3.8, 4) is 0 Å². The molecule has 0 unspecified atom stereocenters. The summed E-state index contributed by atoms with van der Waals surface area (Å²) in [5.41, 5.74) is 5.16. The van der Waals surface area contributed by atoms with E-state index in [-0.39, 0.29) is 28.8 Å². The average Bonchev–Trinajstić information content (AvgIpc) is 2.32. The van der Waals surface area contributed by atoms with Gasteiger partial charge in [0, 0.05) is 13.0 Å². The highest BCUT2D eigenvalue weighted by Crippen LogP contribution is 2.18. The first kappa shape index (κ1) is 13.4. The van der Waals surface area contributed by atoms with Crippen LogP contribution < -0.4 is 11.1 Å². The topological polar surface area (TPSA) is 87.7 Å². The Hall–Kier alpha value is -1.63. The van der Waals surface area contributed by atoms with Gasteiger partial charge in [0.25, 0.3) is 5.91 Å². The molecule has 0 spiro atoms. The molecule has 0 fully saturated rings. The summed E-state index contributed by atoms with van der Waals surface area (Å²) in [5, 5.41) is 13.5. The number of nitrogens with zero attached hydrogens (tertiary/aromatic N) is 1. The molecule has 17 heavy (non-hydrogen) atoms. The van der Waals surface area contributed by atoms with E-state index < -0.39 is 11.7 Å². The molecule has 0 aliphatic rings. The molecule has 0 radical (unpaired) electrons. The quantitative estimate of drug-likeness (QED) is 0.340. The predicted molar refractivity (Wildman–Crippen MR) is 64.5 cm³/mol. The molecule has 4 N–H and O–H groups in total. The molecule has 1 amide bonds. The van der Waals surface area contributed by atoms with Crippen molar-refractivity contribution in [3.05, 3.63) is 34.1 Å². The molecule has 92 valence electrons. The minimum absolute atomic E-state index is 0.0000131. The molecule has 0 atom stereocenters. The van der Waals surface area contributed by atoms with E-state index in [4.69, 9.17) is 10.9 Å². The van der Waals surface area contributed by atoms with Crippen molar-refractivity contribution in [2.75, 3.05) is 6.54 Å². The third-order valence-electron chi connectivity index (χ3n) is 1.99. The number of rotatable bonds is 4. The Bertz CT molecular complexity index is 451. The lowest BCUT2D eigenvalue weighted by molar-refractivity contribution is 0.0950. The first-order valence-electron chi connectivity index (χ1n) is 4.75. The summed E-state index contributed by atoms with van der Waals surface area (Å²) >= 11 is 2.99. The Morgan fingerprint density at radius 1 is 1.59 bits per heavy atom. The van der Waals surface area contributed by atoms with Crippen LogP contribution in [0.2, 0.25) is 0 Å². The second-order valence-electron chi connectivity index (χ2n) is 3.20. The van der Waals surface area contributed by atoms with Gasteiger partial charge in [-0.25, -0.2) is 4.39 Å². The number of benzene rings is 1. The van der Waals surface area contributed by atoms with E-state index in [1.165, 1.54) is 12.1 Å². The number of oxime groups is 1. The van der Waals surface area contributed by atoms with Gasteiger partial charge in [-0.1, -0.05) is 11.2 Å². The number of hydrogen-bond acceptors (Lipinski definition) is 3. The van der Waals surface area contributed by atoms with E-state index in [0.717, 1.165) is 0 Å². The molecule has 0 saturated carbocycles. The average molecular weight is 304 g/mol. The van der Waals surface area contributed by atoms with Gasteiger partial charge in [0.2, 0.25) is 0 Å². The fourth-order valence-corrected chi connectivity index (χ4v) is 1.49. The monoisotopic (exact) mass is 303 g/mol. The summed E-state index contributed by atoms with van der Waals surface area (Å²) < 4.78 is 13.7. The van der Waals surface area contributed by atoms with E-state index in [9.17, 15) is 9.18 Å². The normalized spacial score (nSPS) is 11.3. The lowest BCUT2D eigenvalue weighted by Gasteiger charge is -2.06. The molecule has 1 aromatic carbocycles. The van der Waals surface area contributed by atoms with Gasteiger partial charge in [-0.05, 0) is 28.1 Å². The van der Waals surface area contributed by atoms with E-state index >= 15 is 0 Å². The van der Waals surface area contributed by atoms with Gasteiger partial charge < -0.3 is 16.3 Å². The zero-order valence-corrected chi connectivity index (χ0v) is 10.4. The molecule has 0 aliphatic carbocycles. The number of carbonyl (C=O) groups is 1. The van der Waals surface area contributed by atoms with Crippen LogP contribution >= 0.6 is 15.9 Å². The zero-order valence-electron chi connectivity index (χ0n) is 8.78. The highest BCUT2D eigenvalue weighted by atomic mass is 79.9. The van der Waals surface area contributed by atoms with Crippen LogP contribution in [0, 0.1) is 5.82 Å². The maximum Gasteiger partial charge on any atom is 0.254 e. The number of nitrogens with one attached hydrogen (secondary N) is 1. The third-order valence-corrected chi connectivity index (χ3v) is 2.60. The first-order valence-corrected chi connectivity index (χ1v) is 5.54. The molecule has 0 bridgehead atoms. The Morgan fingerprint density at radius 2 is 2.29 bits per heavy atom. The van der Waals surface area contributed by atoms with Gasteiger partial charge in [0.05, 0.1) is 10.0 Å². The highest BCUT2D eigenvalue weighted by Gasteiger charge is 2.13. The summed E-state index contributed by atoms with van der Waals surface area (Å²) in [4.78, 5) is 11.6. The number of nitrogens with two attached hydrogens (primary N) is 1. The van der Waals surface area contributed by atoms with Gasteiger partial charge in [-0.2, -0.15) is 0 Å². The van der Waals surface area contributed by atoms with Gasteiger partial charge in [-0.3, -0.25) is 4.79 Å². The summed E-state index contributed by atoms with van der Waals surface area (Å²) in [6, 6.07) is 4.44. The minimum Gasteiger partial charge on any atom is -0.409 e. The number of amides is 1. The maximum absolute atomic E-state index is 13.5. The second-order valence-corrected chi connectivity index (χ2v) is 4.05. The standard InChI is InChI=1S/C10H11BrFN3O2/c11-7-3-1-2-6(9(7)12)10(16)14-5-4-8(13)15-17/h1-3,17H,4-5H2,(H2,13,15)(H,14,16). The molecular formula is C10H11BrFN3O2. The lowest BCUT2D eigenvalue weighted by Crippen LogP contribution is -2.28. The molecule has 1 aromatic rings. The van der Waals surface area contributed by atoms with Crippen molar-refractivity contribution < 1.29 is 14.4 Å². The van der Waals surface area contributed by atoms with Crippen LogP contribution in [0.15, 0.2) is 27.8 Å². The number of hydrogen-bond donors (Lipinski definition) is 3. The molecule has 0 aliphatic heterocycles. The van der Waals surface area contributed by atoms with Crippen LogP contribution in [-0.2, 0) is 0 Å². The minimum atomic E-state index is -0.617. The number of halogens is 2. The summed E-state index contributed by atoms with van der Waals surface area (Å²) in [5.74, 6) is -1.16. The Morgan fingerprint density at radius 3 is 2.94 bits per heavy atom. The first-order chi connectivity index (χ1) is 8.06. The SMILES string of the molecule is N/C(CCNC(=O)c1cccc(Br)c1F)=N/O. The van der Waals surface area contributed by atoms with Gasteiger partial charge in [-0.15, -0.1) is 0 Å². The second kappa shape index (κ2) is 6.19. The van der Waals surface area contributed by atoms with Crippen LogP contribution in [0.25, 0.3) is 0 Å². The largest absolute Gasteiger partial charge is 0.409 e. The van der Waals surface area contributed by atoms with E-state index in [1.54, 1.807) is 6.07 Å². The van der Waals surface area contributed by atoms with E-state index in [2.05, 4.69) is 26.4 Å². The Balaban J connectivity index is 2.62. The van der Waals surface area contributed by atoms with Crippen molar-refractivity contribution in [3.63, 3.8) is 0 Å². The van der Waals surface area contributed by atoms with Crippen molar-refractivity contribution in [1.82, 2.24) is 5.32 Å². The smallest absolute Gasteiger partial charge is 0.254 e. The third kappa shape index (κ3) is 3.70. The summed E-state index contributed by atoms with van der Waals surface area (Å²) in [7, 11) is 0. The number of carbonyl (C=O) groups excluding carboxylic acids is 1. The molecular weight excluding hydrogens is 293 g/mol. The van der Waals surface area contributed by atoms with Crippen molar-refractivity contribution in [2.24, 2.45) is 10.9 Å². The highest BCUT2D eigenvalue weighted by molar-refractivity contribution is 9.10. The van der Waals surface area contributed by atoms with Crippen LogP contribution in [0.1, 0.15) is 16.8 Å². The fraction of sp³-hybridized carbons (Fsp3) is 0.200. The fourth-order valence-electron chi connectivity index (χ4n) is 1.13. The van der Waals surface area contributed by atoms with Crippen LogP contribution in [0.3, 0.4) is 0 Å². The molecule has 7 heteroatoms. The molecule has 1 rings (SSSR count). The summed E-state index contributed by atoms with van der Waals surface area (Å²) in [6.45, 7) is 0.167. The maximum atomic E-state index is 13.5. The van der Waals surface area contributed by atoms with Crippen molar-refractivity contribution in [1.29, 1.82) is 0 Å². The van der Waals surface area contributed by atoms with E-state index in [0.29, 0.717) is 0 Å². The molecule has 0 saturated heterocycles. The van der Waals surface area contributed by atoms with Crippen LogP contribution in [0.4, 0.5) is 4.39 Å². The predicted octanol–water partition coefficient (Wildman–Crippen LogP) is 1.45. The van der Waals surface area contributed by atoms with Crippen molar-refractivity contribution >= 4 is 27.7 Å². The van der Waals surface area contributed by atoms with Crippen LogP contribution in [-0.4, -0.2) is 23.5 Å². The van der Waals surface area contributed by atoms with E-state index in [1.807, 2.05) is 0 Å². The Kier molecular flexibility index (Phi) is 4.89. The molecule has 0 heterocycles. The van der Waals surface area contributed by atoms with Gasteiger partial charge in [0.1, 0.15) is 11.7 Å². The van der Waals surface area contributed by atoms with Gasteiger partial charge in [0.15, 0.2) is 0 Å². The molecule has 0 aromatic heterocycles. The lowest BCUT2D eigenvalue weighted by atomic mass is 10.2. The molecule has 5 nitrogen and oxygen atoms in total. The number of amidine groups is 1. The summed E-state index contributed by atoms with van der Waals surface area (Å²) in [6.07, 6.45) is 0.192. The zero-order chi connectivity index (χ0) is 12.8. The van der Waals surface area contributed by atoms with Crippen LogP contribution in [0.5, 0.6) is 0 Å². The Labute approximate surface area is 106 Å². The van der Waals surface area contributed by atoms with Crippen molar-refractivity contribution in [2.45, 2.75) is 6.42 Å².